The Hall–Kier alpha value is -1.51. The summed E-state index contributed by atoms with van der Waals surface area (Å²) >= 11 is 0. The van der Waals surface area contributed by atoms with Crippen LogP contribution >= 0.6 is 0 Å². The quantitative estimate of drug-likeness (QED) is 0.628. The fourth-order valence-electron chi connectivity index (χ4n) is 2.73. The molecule has 3 rings (SSSR count). The van der Waals surface area contributed by atoms with Gasteiger partial charge in [-0.3, -0.25) is 4.99 Å². The van der Waals surface area contributed by atoms with Gasteiger partial charge in [0.15, 0.2) is 5.96 Å². The Morgan fingerprint density at radius 3 is 2.89 bits per heavy atom. The van der Waals surface area contributed by atoms with Crippen molar-refractivity contribution in [3.05, 3.63) is 35.4 Å². The summed E-state index contributed by atoms with van der Waals surface area (Å²) in [4.78, 5) is 4.42. The van der Waals surface area contributed by atoms with Crippen molar-refractivity contribution < 1.29 is 0 Å². The summed E-state index contributed by atoms with van der Waals surface area (Å²) in [5.41, 5.74) is 8.84. The average Bonchev–Trinajstić information content (AvgIpc) is 2.28. The molecule has 3 nitrogen and oxygen atoms in total. The molecule has 1 aromatic rings. The fourth-order valence-corrected chi connectivity index (χ4v) is 2.73. The van der Waals surface area contributed by atoms with Gasteiger partial charge in [0.05, 0.1) is 0 Å². The molecular formula is C15H21N3. The molecule has 0 aromatic heterocycles. The molecular weight excluding hydrogens is 222 g/mol. The number of benzene rings is 1. The van der Waals surface area contributed by atoms with E-state index in [1.807, 2.05) is 0 Å². The standard InChI is InChI=1S/C15H21N3/c16-15(17-9-11-4-3-5-11)18-10-13-8-12-6-1-2-7-14(12)13/h1-2,6-7,11,13H,3-5,8-10H2,(H3,16,17,18). The fraction of sp³-hybridized carbons (Fsp3) is 0.533. The summed E-state index contributed by atoms with van der Waals surface area (Å²) in [5, 5.41) is 3.26. The van der Waals surface area contributed by atoms with E-state index in [-0.39, 0.29) is 0 Å². The van der Waals surface area contributed by atoms with Crippen molar-refractivity contribution in [2.75, 3.05) is 13.1 Å². The van der Waals surface area contributed by atoms with Gasteiger partial charge >= 0.3 is 0 Å². The number of rotatable bonds is 4. The SMILES string of the molecule is NC(=NCC1CCC1)NCC1Cc2ccccc21. The monoisotopic (exact) mass is 243 g/mol. The van der Waals surface area contributed by atoms with Crippen molar-refractivity contribution >= 4 is 5.96 Å². The van der Waals surface area contributed by atoms with E-state index in [1.54, 1.807) is 0 Å². The Labute approximate surface area is 108 Å². The second-order valence-electron chi connectivity index (χ2n) is 5.50. The molecule has 3 N–H and O–H groups in total. The number of nitrogens with two attached hydrogens (primary N) is 1. The van der Waals surface area contributed by atoms with E-state index >= 15 is 0 Å². The summed E-state index contributed by atoms with van der Waals surface area (Å²) in [5.74, 6) is 2.01. The molecule has 1 saturated carbocycles. The van der Waals surface area contributed by atoms with E-state index in [1.165, 1.54) is 36.8 Å². The van der Waals surface area contributed by atoms with E-state index in [0.717, 1.165) is 19.0 Å². The van der Waals surface area contributed by atoms with Crippen LogP contribution in [-0.2, 0) is 6.42 Å². The third kappa shape index (κ3) is 2.35. The van der Waals surface area contributed by atoms with Crippen molar-refractivity contribution in [3.63, 3.8) is 0 Å². The molecule has 0 saturated heterocycles. The maximum Gasteiger partial charge on any atom is 0.188 e. The predicted molar refractivity (Wildman–Crippen MR) is 74.7 cm³/mol. The van der Waals surface area contributed by atoms with Crippen LogP contribution in [0.5, 0.6) is 0 Å². The van der Waals surface area contributed by atoms with Gasteiger partial charge in [-0.15, -0.1) is 0 Å². The van der Waals surface area contributed by atoms with E-state index in [0.29, 0.717) is 11.9 Å². The molecule has 0 amide bonds. The van der Waals surface area contributed by atoms with Crippen molar-refractivity contribution in [2.24, 2.45) is 16.6 Å². The molecule has 1 atom stereocenters. The van der Waals surface area contributed by atoms with Crippen molar-refractivity contribution in [1.29, 1.82) is 0 Å². The summed E-state index contributed by atoms with van der Waals surface area (Å²) in [6, 6.07) is 8.64. The number of hydrogen-bond acceptors (Lipinski definition) is 1. The molecule has 1 fully saturated rings. The lowest BCUT2D eigenvalue weighted by Crippen LogP contribution is -2.38. The normalized spacial score (nSPS) is 22.9. The Bertz CT molecular complexity index is 449. The minimum atomic E-state index is 0.610. The summed E-state index contributed by atoms with van der Waals surface area (Å²) in [6.07, 6.45) is 5.19. The molecule has 2 aliphatic rings. The third-order valence-electron chi connectivity index (χ3n) is 4.24. The lowest BCUT2D eigenvalue weighted by molar-refractivity contribution is 0.326. The molecule has 2 aliphatic carbocycles. The van der Waals surface area contributed by atoms with Gasteiger partial charge in [-0.25, -0.2) is 0 Å². The van der Waals surface area contributed by atoms with Crippen LogP contribution in [0.25, 0.3) is 0 Å². The van der Waals surface area contributed by atoms with E-state index < -0.39 is 0 Å². The van der Waals surface area contributed by atoms with Crippen LogP contribution in [0.15, 0.2) is 29.3 Å². The number of hydrogen-bond donors (Lipinski definition) is 2. The largest absolute Gasteiger partial charge is 0.370 e. The molecule has 0 heterocycles. The van der Waals surface area contributed by atoms with Crippen molar-refractivity contribution in [3.8, 4) is 0 Å². The highest BCUT2D eigenvalue weighted by Gasteiger charge is 2.25. The molecule has 1 unspecified atom stereocenters. The maximum absolute atomic E-state index is 5.89. The lowest BCUT2D eigenvalue weighted by Gasteiger charge is -2.30. The summed E-state index contributed by atoms with van der Waals surface area (Å²) in [7, 11) is 0. The molecule has 0 spiro atoms. The third-order valence-corrected chi connectivity index (χ3v) is 4.24. The minimum Gasteiger partial charge on any atom is -0.370 e. The van der Waals surface area contributed by atoms with Crippen LogP contribution in [0.4, 0.5) is 0 Å². The average molecular weight is 243 g/mol. The highest BCUT2D eigenvalue weighted by Crippen LogP contribution is 2.33. The zero-order chi connectivity index (χ0) is 12.4. The van der Waals surface area contributed by atoms with Crippen LogP contribution < -0.4 is 11.1 Å². The van der Waals surface area contributed by atoms with Gasteiger partial charge in [0, 0.05) is 19.0 Å². The Kier molecular flexibility index (Phi) is 3.22. The van der Waals surface area contributed by atoms with Crippen LogP contribution in [0.1, 0.15) is 36.3 Å². The van der Waals surface area contributed by atoms with Crippen LogP contribution in [0.2, 0.25) is 0 Å². The first-order chi connectivity index (χ1) is 8.83. The number of nitrogens with one attached hydrogen (secondary N) is 1. The van der Waals surface area contributed by atoms with Gasteiger partial charge < -0.3 is 11.1 Å². The molecule has 1 aromatic carbocycles. The predicted octanol–water partition coefficient (Wildman–Crippen LogP) is 2.03. The topological polar surface area (TPSA) is 50.4 Å². The van der Waals surface area contributed by atoms with E-state index in [2.05, 4.69) is 34.6 Å². The molecule has 18 heavy (non-hydrogen) atoms. The lowest BCUT2D eigenvalue weighted by atomic mass is 9.78. The number of fused-ring (bicyclic) bond motifs is 1. The van der Waals surface area contributed by atoms with E-state index in [4.69, 9.17) is 5.73 Å². The Morgan fingerprint density at radius 2 is 2.17 bits per heavy atom. The van der Waals surface area contributed by atoms with Gasteiger partial charge in [0.2, 0.25) is 0 Å². The highest BCUT2D eigenvalue weighted by atomic mass is 15.1. The molecule has 0 bridgehead atoms. The first-order valence-electron chi connectivity index (χ1n) is 6.94. The van der Waals surface area contributed by atoms with Gasteiger partial charge in [0.1, 0.15) is 0 Å². The first kappa shape index (κ1) is 11.6. The number of aliphatic imine (C=N–C) groups is 1. The zero-order valence-corrected chi connectivity index (χ0v) is 10.7. The van der Waals surface area contributed by atoms with Crippen molar-refractivity contribution in [2.45, 2.75) is 31.6 Å². The molecule has 0 radical (unpaired) electrons. The zero-order valence-electron chi connectivity index (χ0n) is 10.7. The summed E-state index contributed by atoms with van der Waals surface area (Å²) in [6.45, 7) is 1.82. The second-order valence-corrected chi connectivity index (χ2v) is 5.50. The molecule has 3 heteroatoms. The minimum absolute atomic E-state index is 0.610. The molecule has 96 valence electrons. The first-order valence-corrected chi connectivity index (χ1v) is 6.94. The van der Waals surface area contributed by atoms with Gasteiger partial charge in [0.25, 0.3) is 0 Å². The Balaban J connectivity index is 1.45. The molecule has 0 aliphatic heterocycles. The highest BCUT2D eigenvalue weighted by molar-refractivity contribution is 5.77. The smallest absolute Gasteiger partial charge is 0.188 e. The summed E-state index contributed by atoms with van der Waals surface area (Å²) < 4.78 is 0. The number of nitrogens with zero attached hydrogens (tertiary/aromatic N) is 1. The maximum atomic E-state index is 5.89. The van der Waals surface area contributed by atoms with Crippen LogP contribution in [0.3, 0.4) is 0 Å². The second kappa shape index (κ2) is 5.01. The Morgan fingerprint density at radius 1 is 1.33 bits per heavy atom. The van der Waals surface area contributed by atoms with Crippen LogP contribution in [0, 0.1) is 5.92 Å². The van der Waals surface area contributed by atoms with Gasteiger partial charge in [-0.05, 0) is 36.3 Å². The van der Waals surface area contributed by atoms with Crippen LogP contribution in [-0.4, -0.2) is 19.0 Å². The van der Waals surface area contributed by atoms with Crippen molar-refractivity contribution in [1.82, 2.24) is 5.32 Å². The van der Waals surface area contributed by atoms with E-state index in [9.17, 15) is 0 Å². The van der Waals surface area contributed by atoms with Gasteiger partial charge in [-0.2, -0.15) is 0 Å². The van der Waals surface area contributed by atoms with Gasteiger partial charge in [-0.1, -0.05) is 30.7 Å². The number of guanidine groups is 1.